The summed E-state index contributed by atoms with van der Waals surface area (Å²) in [7, 11) is 0. The largest absolute Gasteiger partial charge is 0.354 e. The third-order valence-corrected chi connectivity index (χ3v) is 5.13. The van der Waals surface area contributed by atoms with Crippen molar-refractivity contribution in [2.24, 2.45) is 0 Å². The molecule has 4 nitrogen and oxygen atoms in total. The van der Waals surface area contributed by atoms with Gasteiger partial charge >= 0.3 is 0 Å². The van der Waals surface area contributed by atoms with Crippen LogP contribution in [0.3, 0.4) is 0 Å². The summed E-state index contributed by atoms with van der Waals surface area (Å²) < 4.78 is 13.1. The standard InChI is InChI=1S/C19H20FN3O/c20-15-4-2-13(3-5-15)14-7-11-21-17(12-14)16-6-9-19(23-16)8-1-10-22-18(19)24/h2-5,7,11-12,16,23H,1,6,8-10H2,(H,22,24). The summed E-state index contributed by atoms with van der Waals surface area (Å²) in [5.74, 6) is -0.123. The molecule has 3 heterocycles. The lowest BCUT2D eigenvalue weighted by molar-refractivity contribution is -0.129. The molecule has 1 aromatic heterocycles. The molecule has 2 aliphatic heterocycles. The molecule has 1 amide bonds. The summed E-state index contributed by atoms with van der Waals surface area (Å²) >= 11 is 0. The van der Waals surface area contributed by atoms with Crippen molar-refractivity contribution in [2.75, 3.05) is 6.54 Å². The van der Waals surface area contributed by atoms with E-state index in [0.29, 0.717) is 0 Å². The van der Waals surface area contributed by atoms with E-state index in [4.69, 9.17) is 0 Å². The highest BCUT2D eigenvalue weighted by molar-refractivity contribution is 5.87. The quantitative estimate of drug-likeness (QED) is 0.892. The molecule has 4 rings (SSSR count). The van der Waals surface area contributed by atoms with Crippen LogP contribution in [0, 0.1) is 5.82 Å². The number of piperidine rings is 1. The maximum Gasteiger partial charge on any atom is 0.240 e. The van der Waals surface area contributed by atoms with Gasteiger partial charge in [0.1, 0.15) is 5.82 Å². The van der Waals surface area contributed by atoms with Gasteiger partial charge in [-0.15, -0.1) is 0 Å². The molecular weight excluding hydrogens is 305 g/mol. The van der Waals surface area contributed by atoms with Crippen LogP contribution in [0.15, 0.2) is 42.6 Å². The molecule has 2 saturated heterocycles. The van der Waals surface area contributed by atoms with E-state index in [-0.39, 0.29) is 17.8 Å². The number of nitrogens with one attached hydrogen (secondary N) is 2. The smallest absolute Gasteiger partial charge is 0.240 e. The highest BCUT2D eigenvalue weighted by atomic mass is 19.1. The molecule has 0 radical (unpaired) electrons. The Balaban J connectivity index is 1.58. The highest BCUT2D eigenvalue weighted by Gasteiger charge is 2.46. The number of carbonyl (C=O) groups is 1. The van der Waals surface area contributed by atoms with Crippen molar-refractivity contribution in [3.05, 3.63) is 54.1 Å². The predicted octanol–water partition coefficient (Wildman–Crippen LogP) is 2.96. The second-order valence-corrected chi connectivity index (χ2v) is 6.65. The van der Waals surface area contributed by atoms with E-state index in [2.05, 4.69) is 15.6 Å². The van der Waals surface area contributed by atoms with E-state index in [0.717, 1.165) is 49.0 Å². The molecule has 24 heavy (non-hydrogen) atoms. The molecule has 0 bridgehead atoms. The van der Waals surface area contributed by atoms with E-state index < -0.39 is 5.54 Å². The zero-order chi connectivity index (χ0) is 16.6. The minimum absolute atomic E-state index is 0.0780. The SMILES string of the molecule is O=C1NCCCC12CCC(c1cc(-c3ccc(F)cc3)ccn1)N2. The third kappa shape index (κ3) is 2.69. The lowest BCUT2D eigenvalue weighted by atomic mass is 9.88. The molecule has 1 spiro atoms. The first-order chi connectivity index (χ1) is 11.7. The fourth-order valence-electron chi connectivity index (χ4n) is 3.80. The Morgan fingerprint density at radius 2 is 1.96 bits per heavy atom. The van der Waals surface area contributed by atoms with Gasteiger partial charge in [0.25, 0.3) is 0 Å². The Morgan fingerprint density at radius 1 is 1.12 bits per heavy atom. The number of hydrogen-bond donors (Lipinski definition) is 2. The van der Waals surface area contributed by atoms with Crippen LogP contribution >= 0.6 is 0 Å². The highest BCUT2D eigenvalue weighted by Crippen LogP contribution is 2.37. The second-order valence-electron chi connectivity index (χ2n) is 6.65. The van der Waals surface area contributed by atoms with Crippen molar-refractivity contribution in [1.82, 2.24) is 15.6 Å². The van der Waals surface area contributed by atoms with Crippen LogP contribution in [0.4, 0.5) is 4.39 Å². The number of pyridine rings is 1. The Labute approximate surface area is 140 Å². The Kier molecular flexibility index (Phi) is 3.81. The summed E-state index contributed by atoms with van der Waals surface area (Å²) in [6.07, 6.45) is 5.41. The fourth-order valence-corrected chi connectivity index (χ4v) is 3.80. The van der Waals surface area contributed by atoms with Gasteiger partial charge < -0.3 is 5.32 Å². The maximum atomic E-state index is 13.1. The summed E-state index contributed by atoms with van der Waals surface area (Å²) in [4.78, 5) is 16.8. The zero-order valence-electron chi connectivity index (χ0n) is 13.4. The Morgan fingerprint density at radius 3 is 2.75 bits per heavy atom. The van der Waals surface area contributed by atoms with Gasteiger partial charge in [0.05, 0.1) is 17.3 Å². The van der Waals surface area contributed by atoms with Crippen molar-refractivity contribution in [3.8, 4) is 11.1 Å². The molecule has 124 valence electrons. The van der Waals surface area contributed by atoms with Crippen molar-refractivity contribution in [1.29, 1.82) is 0 Å². The molecule has 0 aliphatic carbocycles. The lowest BCUT2D eigenvalue weighted by Gasteiger charge is -2.33. The average Bonchev–Trinajstić information content (AvgIpc) is 3.04. The predicted molar refractivity (Wildman–Crippen MR) is 89.7 cm³/mol. The maximum absolute atomic E-state index is 13.1. The molecule has 1 aromatic carbocycles. The number of nitrogens with zero attached hydrogens (tertiary/aromatic N) is 1. The number of rotatable bonds is 2. The zero-order valence-corrected chi connectivity index (χ0v) is 13.4. The Hall–Kier alpha value is -2.27. The fraction of sp³-hybridized carbons (Fsp3) is 0.368. The number of benzene rings is 1. The summed E-state index contributed by atoms with van der Waals surface area (Å²) in [5, 5.41) is 6.50. The van der Waals surface area contributed by atoms with Crippen LogP contribution in [-0.4, -0.2) is 23.0 Å². The van der Waals surface area contributed by atoms with Crippen LogP contribution < -0.4 is 10.6 Å². The van der Waals surface area contributed by atoms with Crippen LogP contribution in [0.5, 0.6) is 0 Å². The molecule has 2 fully saturated rings. The number of halogens is 1. The molecule has 0 saturated carbocycles. The lowest BCUT2D eigenvalue weighted by Crippen LogP contribution is -2.57. The summed E-state index contributed by atoms with van der Waals surface area (Å²) in [5.41, 5.74) is 2.47. The van der Waals surface area contributed by atoms with Gasteiger partial charge in [-0.2, -0.15) is 0 Å². The summed E-state index contributed by atoms with van der Waals surface area (Å²) in [6, 6.07) is 10.5. The Bertz CT molecular complexity index is 761. The number of hydrogen-bond acceptors (Lipinski definition) is 3. The van der Waals surface area contributed by atoms with Gasteiger partial charge in [0, 0.05) is 12.7 Å². The van der Waals surface area contributed by atoms with Crippen molar-refractivity contribution >= 4 is 5.91 Å². The minimum atomic E-state index is -0.434. The normalized spacial score (nSPS) is 26.5. The van der Waals surface area contributed by atoms with E-state index in [1.807, 2.05) is 12.1 Å². The number of aromatic nitrogens is 1. The van der Waals surface area contributed by atoms with E-state index in [1.165, 1.54) is 12.1 Å². The monoisotopic (exact) mass is 325 g/mol. The van der Waals surface area contributed by atoms with E-state index >= 15 is 0 Å². The van der Waals surface area contributed by atoms with Gasteiger partial charge in [0.15, 0.2) is 0 Å². The van der Waals surface area contributed by atoms with Gasteiger partial charge in [-0.3, -0.25) is 15.1 Å². The summed E-state index contributed by atoms with van der Waals surface area (Å²) in [6.45, 7) is 0.769. The van der Waals surface area contributed by atoms with Crippen molar-refractivity contribution in [2.45, 2.75) is 37.3 Å². The molecule has 2 N–H and O–H groups in total. The van der Waals surface area contributed by atoms with Gasteiger partial charge in [-0.1, -0.05) is 12.1 Å². The van der Waals surface area contributed by atoms with Crippen molar-refractivity contribution < 1.29 is 9.18 Å². The molecular formula is C19H20FN3O. The van der Waals surface area contributed by atoms with E-state index in [1.54, 1.807) is 18.3 Å². The third-order valence-electron chi connectivity index (χ3n) is 5.13. The molecule has 2 aliphatic rings. The molecule has 2 aromatic rings. The van der Waals surface area contributed by atoms with Gasteiger partial charge in [-0.05, 0) is 61.1 Å². The van der Waals surface area contributed by atoms with Crippen LogP contribution in [0.2, 0.25) is 0 Å². The first kappa shape index (κ1) is 15.3. The second kappa shape index (κ2) is 5.98. The first-order valence-electron chi connectivity index (χ1n) is 8.44. The van der Waals surface area contributed by atoms with Crippen LogP contribution in [0.1, 0.15) is 37.4 Å². The van der Waals surface area contributed by atoms with E-state index in [9.17, 15) is 9.18 Å². The van der Waals surface area contributed by atoms with Gasteiger partial charge in [-0.25, -0.2) is 4.39 Å². The minimum Gasteiger partial charge on any atom is -0.354 e. The topological polar surface area (TPSA) is 54.0 Å². The average molecular weight is 325 g/mol. The first-order valence-corrected chi connectivity index (χ1v) is 8.44. The van der Waals surface area contributed by atoms with Crippen LogP contribution in [0.25, 0.3) is 11.1 Å². The number of amides is 1. The van der Waals surface area contributed by atoms with Gasteiger partial charge in [0.2, 0.25) is 5.91 Å². The molecule has 2 atom stereocenters. The molecule has 2 unspecified atom stereocenters. The number of carbonyl (C=O) groups excluding carboxylic acids is 1. The van der Waals surface area contributed by atoms with Crippen LogP contribution in [-0.2, 0) is 4.79 Å². The molecule has 5 heteroatoms. The van der Waals surface area contributed by atoms with Crippen molar-refractivity contribution in [3.63, 3.8) is 0 Å².